The van der Waals surface area contributed by atoms with Crippen LogP contribution in [0.5, 0.6) is 5.88 Å². The van der Waals surface area contributed by atoms with Gasteiger partial charge in [-0.05, 0) is 19.1 Å². The first kappa shape index (κ1) is 13.2. The summed E-state index contributed by atoms with van der Waals surface area (Å²) in [5.41, 5.74) is 1.06. The van der Waals surface area contributed by atoms with Crippen molar-refractivity contribution in [3.8, 4) is 5.88 Å². The maximum absolute atomic E-state index is 11.9. The lowest BCUT2D eigenvalue weighted by Gasteiger charge is -2.06. The highest BCUT2D eigenvalue weighted by Gasteiger charge is 2.09. The fraction of sp³-hybridized carbons (Fsp3) is 0.167. The Morgan fingerprint density at radius 1 is 1.37 bits per heavy atom. The lowest BCUT2D eigenvalue weighted by atomic mass is 10.3. The van der Waals surface area contributed by atoms with Gasteiger partial charge < -0.3 is 4.74 Å². The first-order valence-electron chi connectivity index (χ1n) is 5.41. The van der Waals surface area contributed by atoms with Crippen molar-refractivity contribution in [2.75, 3.05) is 12.4 Å². The number of aromatic nitrogens is 3. The number of carbonyl (C=O) groups excluding carboxylic acids is 1. The Bertz CT molecular complexity index is 601. The minimum absolute atomic E-state index is 0.178. The molecule has 2 rings (SSSR count). The molecule has 0 aliphatic rings. The van der Waals surface area contributed by atoms with Crippen molar-refractivity contribution in [2.24, 2.45) is 0 Å². The molecule has 0 saturated carbocycles. The van der Waals surface area contributed by atoms with E-state index in [0.29, 0.717) is 22.3 Å². The van der Waals surface area contributed by atoms with Crippen LogP contribution < -0.4 is 10.1 Å². The van der Waals surface area contributed by atoms with Crippen LogP contribution in [-0.4, -0.2) is 28.0 Å². The average molecular weight is 279 g/mol. The second-order valence-electron chi connectivity index (χ2n) is 3.70. The van der Waals surface area contributed by atoms with E-state index < -0.39 is 0 Å². The molecular weight excluding hydrogens is 268 g/mol. The molecule has 0 radical (unpaired) electrons. The van der Waals surface area contributed by atoms with Gasteiger partial charge in [-0.25, -0.2) is 9.97 Å². The molecule has 0 atom stereocenters. The van der Waals surface area contributed by atoms with Crippen LogP contribution in [0.3, 0.4) is 0 Å². The Kier molecular flexibility index (Phi) is 3.91. The second kappa shape index (κ2) is 5.62. The third-order valence-corrected chi connectivity index (χ3v) is 2.48. The van der Waals surface area contributed by atoms with Crippen molar-refractivity contribution in [2.45, 2.75) is 6.92 Å². The van der Waals surface area contributed by atoms with E-state index >= 15 is 0 Å². The summed E-state index contributed by atoms with van der Waals surface area (Å²) in [5, 5.41) is 2.89. The summed E-state index contributed by atoms with van der Waals surface area (Å²) < 4.78 is 5.01. The topological polar surface area (TPSA) is 77.0 Å². The molecular formula is C12H11ClN4O2. The van der Waals surface area contributed by atoms with Crippen LogP contribution >= 0.6 is 11.6 Å². The molecule has 0 fully saturated rings. The van der Waals surface area contributed by atoms with Crippen LogP contribution in [0.25, 0.3) is 0 Å². The number of nitrogens with zero attached hydrogens (tertiary/aromatic N) is 3. The van der Waals surface area contributed by atoms with E-state index in [1.807, 2.05) is 0 Å². The van der Waals surface area contributed by atoms with Crippen molar-refractivity contribution < 1.29 is 9.53 Å². The zero-order chi connectivity index (χ0) is 13.8. The Labute approximate surface area is 114 Å². The van der Waals surface area contributed by atoms with Gasteiger partial charge in [-0.2, -0.15) is 4.98 Å². The summed E-state index contributed by atoms with van der Waals surface area (Å²) >= 11 is 5.65. The molecule has 2 aromatic rings. The summed E-state index contributed by atoms with van der Waals surface area (Å²) in [4.78, 5) is 23.9. The average Bonchev–Trinajstić information content (AvgIpc) is 2.38. The zero-order valence-electron chi connectivity index (χ0n) is 10.3. The third kappa shape index (κ3) is 3.38. The summed E-state index contributed by atoms with van der Waals surface area (Å²) in [7, 11) is 1.50. The number of rotatable bonds is 3. The Hall–Kier alpha value is -2.21. The molecule has 1 amide bonds. The summed E-state index contributed by atoms with van der Waals surface area (Å²) in [6, 6.07) is 4.77. The van der Waals surface area contributed by atoms with Gasteiger partial charge in [0.05, 0.1) is 12.7 Å². The van der Waals surface area contributed by atoms with Gasteiger partial charge in [0, 0.05) is 18.0 Å². The molecule has 2 heterocycles. The van der Waals surface area contributed by atoms with Crippen molar-refractivity contribution in [3.63, 3.8) is 0 Å². The molecule has 6 nitrogen and oxygen atoms in total. The number of ether oxygens (including phenoxy) is 1. The van der Waals surface area contributed by atoms with Crippen LogP contribution in [0.4, 0.5) is 5.95 Å². The molecule has 7 heteroatoms. The number of methoxy groups -OCH3 is 1. The van der Waals surface area contributed by atoms with Crippen molar-refractivity contribution in [1.29, 1.82) is 0 Å². The smallest absolute Gasteiger partial charge is 0.259 e. The zero-order valence-corrected chi connectivity index (χ0v) is 11.1. The molecule has 1 N–H and O–H groups in total. The SMILES string of the molecule is COc1cc(C)nc(NC(=O)c2ccc(Cl)nc2)n1. The van der Waals surface area contributed by atoms with Crippen LogP contribution in [-0.2, 0) is 0 Å². The van der Waals surface area contributed by atoms with Gasteiger partial charge >= 0.3 is 0 Å². The van der Waals surface area contributed by atoms with E-state index in [-0.39, 0.29) is 11.9 Å². The molecule has 0 aliphatic heterocycles. The van der Waals surface area contributed by atoms with Gasteiger partial charge in [-0.1, -0.05) is 11.6 Å². The van der Waals surface area contributed by atoms with Crippen LogP contribution in [0.1, 0.15) is 16.1 Å². The minimum Gasteiger partial charge on any atom is -0.481 e. The number of carbonyl (C=O) groups is 1. The molecule has 2 aromatic heterocycles. The standard InChI is InChI=1S/C12H11ClN4O2/c1-7-5-10(19-2)16-12(15-7)17-11(18)8-3-4-9(13)14-6-8/h3-6H,1-2H3,(H,15,16,17,18). The number of anilines is 1. The monoisotopic (exact) mass is 278 g/mol. The molecule has 98 valence electrons. The maximum atomic E-state index is 11.9. The van der Waals surface area contributed by atoms with Crippen LogP contribution in [0.2, 0.25) is 5.15 Å². The van der Waals surface area contributed by atoms with Gasteiger partial charge in [-0.3, -0.25) is 10.1 Å². The summed E-state index contributed by atoms with van der Waals surface area (Å²) in [6.07, 6.45) is 1.38. The van der Waals surface area contributed by atoms with Gasteiger partial charge in [-0.15, -0.1) is 0 Å². The van der Waals surface area contributed by atoms with Gasteiger partial charge in [0.15, 0.2) is 0 Å². The molecule has 0 saturated heterocycles. The van der Waals surface area contributed by atoms with Crippen molar-refractivity contribution in [3.05, 3.63) is 40.8 Å². The molecule has 19 heavy (non-hydrogen) atoms. The summed E-state index contributed by atoms with van der Waals surface area (Å²) in [5.74, 6) is 0.200. The Balaban J connectivity index is 2.18. The molecule has 0 bridgehead atoms. The van der Waals surface area contributed by atoms with Gasteiger partial charge in [0.25, 0.3) is 5.91 Å². The van der Waals surface area contributed by atoms with E-state index in [1.54, 1.807) is 19.1 Å². The highest BCUT2D eigenvalue weighted by Crippen LogP contribution is 2.12. The van der Waals surface area contributed by atoms with Crippen molar-refractivity contribution in [1.82, 2.24) is 15.0 Å². The van der Waals surface area contributed by atoms with Crippen LogP contribution in [0, 0.1) is 6.92 Å². The molecule has 0 spiro atoms. The quantitative estimate of drug-likeness (QED) is 0.870. The number of pyridine rings is 1. The van der Waals surface area contributed by atoms with E-state index in [4.69, 9.17) is 16.3 Å². The van der Waals surface area contributed by atoms with E-state index in [1.165, 1.54) is 19.4 Å². The first-order valence-corrected chi connectivity index (χ1v) is 5.79. The fourth-order valence-electron chi connectivity index (χ4n) is 1.38. The fourth-order valence-corrected chi connectivity index (χ4v) is 1.50. The predicted octanol–water partition coefficient (Wildman–Crippen LogP) is 2.09. The lowest BCUT2D eigenvalue weighted by molar-refractivity contribution is 0.102. The third-order valence-electron chi connectivity index (χ3n) is 2.25. The number of hydrogen-bond acceptors (Lipinski definition) is 5. The van der Waals surface area contributed by atoms with Crippen LogP contribution in [0.15, 0.2) is 24.4 Å². The first-order chi connectivity index (χ1) is 9.08. The highest BCUT2D eigenvalue weighted by molar-refractivity contribution is 6.29. The lowest BCUT2D eigenvalue weighted by Crippen LogP contribution is -2.15. The highest BCUT2D eigenvalue weighted by atomic mass is 35.5. The maximum Gasteiger partial charge on any atom is 0.259 e. The van der Waals surface area contributed by atoms with E-state index in [2.05, 4.69) is 20.3 Å². The number of aryl methyl sites for hydroxylation is 1. The number of hydrogen-bond donors (Lipinski definition) is 1. The summed E-state index contributed by atoms with van der Waals surface area (Å²) in [6.45, 7) is 1.78. The normalized spacial score (nSPS) is 10.1. The second-order valence-corrected chi connectivity index (χ2v) is 4.09. The number of halogens is 1. The van der Waals surface area contributed by atoms with E-state index in [0.717, 1.165) is 0 Å². The molecule has 0 unspecified atom stereocenters. The van der Waals surface area contributed by atoms with Crippen molar-refractivity contribution >= 4 is 23.5 Å². The Morgan fingerprint density at radius 3 is 2.79 bits per heavy atom. The molecule has 0 aromatic carbocycles. The predicted molar refractivity (Wildman–Crippen MR) is 70.5 cm³/mol. The number of nitrogens with one attached hydrogen (secondary N) is 1. The largest absolute Gasteiger partial charge is 0.481 e. The van der Waals surface area contributed by atoms with Gasteiger partial charge in [0.1, 0.15) is 5.15 Å². The van der Waals surface area contributed by atoms with Gasteiger partial charge in [0.2, 0.25) is 11.8 Å². The molecule has 0 aliphatic carbocycles. The Morgan fingerprint density at radius 2 is 2.16 bits per heavy atom. The minimum atomic E-state index is -0.364. The number of amides is 1. The van der Waals surface area contributed by atoms with E-state index in [9.17, 15) is 4.79 Å².